The average molecular weight is 406 g/mol. The lowest BCUT2D eigenvalue weighted by atomic mass is 10.2. The van der Waals surface area contributed by atoms with E-state index < -0.39 is 5.97 Å². The normalized spacial score (nSPS) is 10.5. The molecule has 27 heavy (non-hydrogen) atoms. The lowest BCUT2D eigenvalue weighted by Gasteiger charge is -2.08. The fourth-order valence-electron chi connectivity index (χ4n) is 2.46. The Morgan fingerprint density at radius 1 is 1.11 bits per heavy atom. The maximum absolute atomic E-state index is 12.1. The molecule has 0 saturated heterocycles. The first kappa shape index (κ1) is 19.0. The third-order valence-electron chi connectivity index (χ3n) is 3.68. The van der Waals surface area contributed by atoms with Gasteiger partial charge < -0.3 is 19.5 Å². The van der Waals surface area contributed by atoms with E-state index in [1.165, 1.54) is 25.6 Å². The first-order chi connectivity index (χ1) is 13.0. The highest BCUT2D eigenvalue weighted by atomic mass is 35.5. The summed E-state index contributed by atoms with van der Waals surface area (Å²) in [7, 11) is 2.80. The van der Waals surface area contributed by atoms with E-state index in [0.717, 1.165) is 10.1 Å². The topological polar surface area (TPSA) is 73.9 Å². The van der Waals surface area contributed by atoms with Crippen molar-refractivity contribution in [3.8, 4) is 11.5 Å². The van der Waals surface area contributed by atoms with E-state index >= 15 is 0 Å². The van der Waals surface area contributed by atoms with Crippen LogP contribution in [0, 0.1) is 0 Å². The summed E-state index contributed by atoms with van der Waals surface area (Å²) in [5, 5.41) is 4.08. The minimum Gasteiger partial charge on any atom is -0.494 e. The van der Waals surface area contributed by atoms with Crippen LogP contribution in [-0.2, 0) is 9.53 Å². The number of nitrogens with one attached hydrogen (secondary N) is 1. The van der Waals surface area contributed by atoms with Gasteiger partial charge in [0, 0.05) is 20.8 Å². The van der Waals surface area contributed by atoms with Gasteiger partial charge in [0.1, 0.15) is 5.75 Å². The maximum Gasteiger partial charge on any atom is 0.351 e. The molecule has 0 aliphatic heterocycles. The first-order valence-corrected chi connectivity index (χ1v) is 9.08. The molecule has 0 aliphatic carbocycles. The predicted octanol–water partition coefficient (Wildman–Crippen LogP) is 4.37. The molecule has 1 N–H and O–H groups in total. The van der Waals surface area contributed by atoms with Gasteiger partial charge in [0.25, 0.3) is 5.91 Å². The number of carbonyl (C=O) groups is 2. The number of halogens is 1. The van der Waals surface area contributed by atoms with Crippen LogP contribution in [0.4, 0.5) is 5.69 Å². The van der Waals surface area contributed by atoms with E-state index in [9.17, 15) is 9.59 Å². The SMILES string of the molecule is COC(=O)c1sc2ccc(NC(=O)COc3ccc(Cl)cc3)cc2c1OC. The molecule has 0 fully saturated rings. The highest BCUT2D eigenvalue weighted by molar-refractivity contribution is 7.21. The highest BCUT2D eigenvalue weighted by Crippen LogP contribution is 2.39. The van der Waals surface area contributed by atoms with Crippen LogP contribution in [0.2, 0.25) is 5.02 Å². The van der Waals surface area contributed by atoms with Crippen LogP contribution < -0.4 is 14.8 Å². The summed E-state index contributed by atoms with van der Waals surface area (Å²) >= 11 is 7.08. The first-order valence-electron chi connectivity index (χ1n) is 7.89. The molecule has 8 heteroatoms. The molecule has 0 atom stereocenters. The van der Waals surface area contributed by atoms with E-state index in [-0.39, 0.29) is 12.5 Å². The Morgan fingerprint density at radius 2 is 1.85 bits per heavy atom. The molecule has 0 bridgehead atoms. The van der Waals surface area contributed by atoms with E-state index in [2.05, 4.69) is 5.32 Å². The lowest BCUT2D eigenvalue weighted by molar-refractivity contribution is -0.118. The number of thiophene rings is 1. The number of esters is 1. The van der Waals surface area contributed by atoms with Crippen LogP contribution >= 0.6 is 22.9 Å². The van der Waals surface area contributed by atoms with Gasteiger partial charge in [-0.1, -0.05) is 11.6 Å². The molecular formula is C19H16ClNO5S. The Hall–Kier alpha value is -2.77. The summed E-state index contributed by atoms with van der Waals surface area (Å²) in [5.41, 5.74) is 0.569. The zero-order valence-electron chi connectivity index (χ0n) is 14.6. The molecule has 0 aliphatic rings. The van der Waals surface area contributed by atoms with Gasteiger partial charge in [-0.3, -0.25) is 4.79 Å². The highest BCUT2D eigenvalue weighted by Gasteiger charge is 2.20. The van der Waals surface area contributed by atoms with Gasteiger partial charge >= 0.3 is 5.97 Å². The average Bonchev–Trinajstić information content (AvgIpc) is 3.04. The summed E-state index contributed by atoms with van der Waals surface area (Å²) in [4.78, 5) is 24.4. The Bertz CT molecular complexity index is 984. The van der Waals surface area contributed by atoms with Gasteiger partial charge in [-0.2, -0.15) is 0 Å². The van der Waals surface area contributed by atoms with Crippen LogP contribution in [0.1, 0.15) is 9.67 Å². The van der Waals surface area contributed by atoms with E-state index in [1.807, 2.05) is 6.07 Å². The van der Waals surface area contributed by atoms with Gasteiger partial charge in [-0.05, 0) is 42.5 Å². The third kappa shape index (κ3) is 4.32. The van der Waals surface area contributed by atoms with Crippen molar-refractivity contribution in [1.29, 1.82) is 0 Å². The summed E-state index contributed by atoms with van der Waals surface area (Å²) in [6, 6.07) is 12.1. The number of hydrogen-bond donors (Lipinski definition) is 1. The van der Waals surface area contributed by atoms with Gasteiger partial charge in [-0.15, -0.1) is 11.3 Å². The Morgan fingerprint density at radius 3 is 2.52 bits per heavy atom. The maximum atomic E-state index is 12.1. The minimum absolute atomic E-state index is 0.145. The summed E-state index contributed by atoms with van der Waals surface area (Å²) in [5.74, 6) is 0.198. The molecule has 0 unspecified atom stereocenters. The van der Waals surface area contributed by atoms with Gasteiger partial charge in [0.2, 0.25) is 0 Å². The molecule has 1 aromatic heterocycles. The van der Waals surface area contributed by atoms with Crippen LogP contribution in [0.25, 0.3) is 10.1 Å². The van der Waals surface area contributed by atoms with E-state index in [4.69, 9.17) is 25.8 Å². The van der Waals surface area contributed by atoms with Crippen molar-refractivity contribution in [2.75, 3.05) is 26.1 Å². The van der Waals surface area contributed by atoms with Crippen LogP contribution in [0.3, 0.4) is 0 Å². The van der Waals surface area contributed by atoms with E-state index in [1.54, 1.807) is 36.4 Å². The van der Waals surface area contributed by atoms with Crippen LogP contribution in [-0.4, -0.2) is 32.7 Å². The van der Waals surface area contributed by atoms with Crippen LogP contribution in [0.5, 0.6) is 11.5 Å². The Balaban J connectivity index is 1.73. The molecule has 0 spiro atoms. The lowest BCUT2D eigenvalue weighted by Crippen LogP contribution is -2.20. The van der Waals surface area contributed by atoms with Crippen molar-refractivity contribution in [2.45, 2.75) is 0 Å². The van der Waals surface area contributed by atoms with Crippen molar-refractivity contribution in [3.63, 3.8) is 0 Å². The molecule has 3 rings (SSSR count). The smallest absolute Gasteiger partial charge is 0.351 e. The van der Waals surface area contributed by atoms with Crippen molar-refractivity contribution in [1.82, 2.24) is 0 Å². The molecule has 1 heterocycles. The Labute approximate surface area is 164 Å². The number of rotatable bonds is 6. The zero-order chi connectivity index (χ0) is 19.4. The zero-order valence-corrected chi connectivity index (χ0v) is 16.1. The second-order valence-electron chi connectivity index (χ2n) is 5.46. The van der Waals surface area contributed by atoms with Crippen molar-refractivity contribution >= 4 is 50.6 Å². The number of hydrogen-bond acceptors (Lipinski definition) is 6. The number of benzene rings is 2. The van der Waals surface area contributed by atoms with Crippen LogP contribution in [0.15, 0.2) is 42.5 Å². The van der Waals surface area contributed by atoms with Gasteiger partial charge in [-0.25, -0.2) is 4.79 Å². The second-order valence-corrected chi connectivity index (χ2v) is 6.95. The summed E-state index contributed by atoms with van der Waals surface area (Å²) in [6.45, 7) is -0.145. The standard InChI is InChI=1S/C19H16ClNO5S/c1-24-17-14-9-12(5-8-15(14)27-18(17)19(23)25-2)21-16(22)10-26-13-6-3-11(20)4-7-13/h3-9H,10H2,1-2H3,(H,21,22). The summed E-state index contributed by atoms with van der Waals surface area (Å²) in [6.07, 6.45) is 0. The Kier molecular flexibility index (Phi) is 5.83. The molecule has 3 aromatic rings. The summed E-state index contributed by atoms with van der Waals surface area (Å²) < 4.78 is 16.4. The molecule has 140 valence electrons. The van der Waals surface area contributed by atoms with Crippen molar-refractivity contribution in [2.24, 2.45) is 0 Å². The fraction of sp³-hybridized carbons (Fsp3) is 0.158. The minimum atomic E-state index is -0.463. The molecule has 0 saturated carbocycles. The second kappa shape index (κ2) is 8.28. The quantitative estimate of drug-likeness (QED) is 0.616. The number of fused-ring (bicyclic) bond motifs is 1. The number of amides is 1. The fourth-order valence-corrected chi connectivity index (χ4v) is 3.66. The predicted molar refractivity (Wildman–Crippen MR) is 105 cm³/mol. The van der Waals surface area contributed by atoms with Gasteiger partial charge in [0.05, 0.1) is 14.2 Å². The molecular weight excluding hydrogens is 390 g/mol. The van der Waals surface area contributed by atoms with E-state index in [0.29, 0.717) is 27.1 Å². The largest absolute Gasteiger partial charge is 0.494 e. The number of carbonyl (C=O) groups excluding carboxylic acids is 2. The number of anilines is 1. The molecule has 0 radical (unpaired) electrons. The monoisotopic (exact) mass is 405 g/mol. The van der Waals surface area contributed by atoms with Gasteiger partial charge in [0.15, 0.2) is 17.2 Å². The van der Waals surface area contributed by atoms with Crippen molar-refractivity contribution < 1.29 is 23.8 Å². The van der Waals surface area contributed by atoms with Crippen molar-refractivity contribution in [3.05, 3.63) is 52.4 Å². The third-order valence-corrected chi connectivity index (χ3v) is 5.07. The molecule has 2 aromatic carbocycles. The number of ether oxygens (including phenoxy) is 3. The molecule has 1 amide bonds. The molecule has 6 nitrogen and oxygen atoms in total. The number of methoxy groups -OCH3 is 2.